The maximum Gasteiger partial charge on any atom is 0.263 e. The number of rotatable bonds is 7. The zero-order valence-corrected chi connectivity index (χ0v) is 16.9. The molecule has 0 radical (unpaired) electrons. The van der Waals surface area contributed by atoms with E-state index in [0.29, 0.717) is 22.4 Å². The molecule has 1 amide bonds. The Hall–Kier alpha value is -2.31. The zero-order valence-electron chi connectivity index (χ0n) is 15.3. The molecule has 0 aliphatic carbocycles. The van der Waals surface area contributed by atoms with Gasteiger partial charge in [-0.3, -0.25) is 4.79 Å². The highest BCUT2D eigenvalue weighted by molar-refractivity contribution is 8.26. The fourth-order valence-electron chi connectivity index (χ4n) is 2.54. The van der Waals surface area contributed by atoms with Crippen LogP contribution in [0.25, 0.3) is 6.08 Å². The number of aryl methyl sites for hydroxylation is 1. The van der Waals surface area contributed by atoms with Crippen molar-refractivity contribution in [3.8, 4) is 11.5 Å². The van der Waals surface area contributed by atoms with Crippen molar-refractivity contribution in [3.63, 3.8) is 0 Å². The van der Waals surface area contributed by atoms with Crippen molar-refractivity contribution >= 4 is 40.3 Å². The third-order valence-corrected chi connectivity index (χ3v) is 5.35. The maximum absolute atomic E-state index is 11.7. The highest BCUT2D eigenvalue weighted by Crippen LogP contribution is 2.26. The van der Waals surface area contributed by atoms with Crippen molar-refractivity contribution in [1.29, 1.82) is 0 Å². The number of thiocarbonyl (C=S) groups is 1. The summed E-state index contributed by atoms with van der Waals surface area (Å²) in [6.07, 6.45) is 2.62. The van der Waals surface area contributed by atoms with Crippen LogP contribution in [0.1, 0.15) is 23.1 Å². The maximum atomic E-state index is 11.7. The molecule has 1 N–H and O–H groups in total. The molecule has 0 aromatic heterocycles. The summed E-state index contributed by atoms with van der Waals surface area (Å²) in [5.41, 5.74) is 3.34. The molecule has 0 spiro atoms. The molecule has 3 rings (SSSR count). The van der Waals surface area contributed by atoms with E-state index in [-0.39, 0.29) is 5.91 Å². The predicted octanol–water partition coefficient (Wildman–Crippen LogP) is 4.64. The lowest BCUT2D eigenvalue weighted by atomic mass is 10.1. The zero-order chi connectivity index (χ0) is 19.2. The summed E-state index contributed by atoms with van der Waals surface area (Å²) in [4.78, 5) is 12.3. The lowest BCUT2D eigenvalue weighted by Crippen LogP contribution is -2.17. The van der Waals surface area contributed by atoms with Crippen LogP contribution in [0, 0.1) is 13.8 Å². The lowest BCUT2D eigenvalue weighted by Gasteiger charge is -2.11. The second kappa shape index (κ2) is 9.06. The number of carbonyl (C=O) groups is 1. The van der Waals surface area contributed by atoms with Gasteiger partial charge in [-0.2, -0.15) is 0 Å². The Morgan fingerprint density at radius 2 is 1.81 bits per heavy atom. The van der Waals surface area contributed by atoms with Crippen molar-refractivity contribution in [2.45, 2.75) is 20.3 Å². The molecule has 0 unspecified atom stereocenters. The number of thioether (sulfide) groups is 1. The van der Waals surface area contributed by atoms with Crippen molar-refractivity contribution in [2.75, 3.05) is 13.2 Å². The Balaban J connectivity index is 1.44. The monoisotopic (exact) mass is 399 g/mol. The number of hydrogen-bond acceptors (Lipinski definition) is 5. The van der Waals surface area contributed by atoms with E-state index in [9.17, 15) is 4.79 Å². The smallest absolute Gasteiger partial charge is 0.263 e. The molecule has 1 fully saturated rings. The normalized spacial score (nSPS) is 15.1. The predicted molar refractivity (Wildman–Crippen MR) is 114 cm³/mol. The Kier molecular flexibility index (Phi) is 6.53. The van der Waals surface area contributed by atoms with Crippen LogP contribution >= 0.6 is 24.0 Å². The fraction of sp³-hybridized carbons (Fsp3) is 0.238. The van der Waals surface area contributed by atoms with Crippen molar-refractivity contribution in [2.24, 2.45) is 0 Å². The standard InChI is InChI=1S/C21H21NO3S2/c1-14-5-3-6-18(15(14)2)25-12-4-11-24-17-9-7-16(8-10-17)13-19-20(23)22-21(26)27-19/h3,5-10,13H,4,11-12H2,1-2H3,(H,22,23,26)/b19-13-. The number of nitrogens with one attached hydrogen (secondary N) is 1. The summed E-state index contributed by atoms with van der Waals surface area (Å²) >= 11 is 6.26. The van der Waals surface area contributed by atoms with Gasteiger partial charge >= 0.3 is 0 Å². The van der Waals surface area contributed by atoms with E-state index in [2.05, 4.69) is 25.2 Å². The van der Waals surface area contributed by atoms with Gasteiger partial charge in [0.2, 0.25) is 0 Å². The summed E-state index contributed by atoms with van der Waals surface area (Å²) in [5, 5.41) is 2.61. The van der Waals surface area contributed by atoms with Crippen LogP contribution < -0.4 is 14.8 Å². The topological polar surface area (TPSA) is 47.6 Å². The highest BCUT2D eigenvalue weighted by Gasteiger charge is 2.21. The molecule has 0 saturated carbocycles. The van der Waals surface area contributed by atoms with Gasteiger partial charge in [0.25, 0.3) is 5.91 Å². The van der Waals surface area contributed by atoms with Gasteiger partial charge < -0.3 is 14.8 Å². The third kappa shape index (κ3) is 5.34. The van der Waals surface area contributed by atoms with E-state index in [1.165, 1.54) is 22.9 Å². The Morgan fingerprint density at radius 1 is 1.07 bits per heavy atom. The van der Waals surface area contributed by atoms with Gasteiger partial charge in [-0.25, -0.2) is 0 Å². The van der Waals surface area contributed by atoms with E-state index in [1.54, 1.807) is 0 Å². The fourth-order valence-corrected chi connectivity index (χ4v) is 3.59. The molecule has 1 heterocycles. The van der Waals surface area contributed by atoms with Crippen molar-refractivity contribution in [1.82, 2.24) is 5.32 Å². The summed E-state index contributed by atoms with van der Waals surface area (Å²) in [5.74, 6) is 1.58. The van der Waals surface area contributed by atoms with Gasteiger partial charge in [0, 0.05) is 6.42 Å². The van der Waals surface area contributed by atoms with Gasteiger partial charge in [0.1, 0.15) is 15.8 Å². The first-order chi connectivity index (χ1) is 13.0. The first kappa shape index (κ1) is 19.5. The number of amides is 1. The van der Waals surface area contributed by atoms with E-state index in [1.807, 2.05) is 42.5 Å². The molecule has 0 atom stereocenters. The van der Waals surface area contributed by atoms with Crippen LogP contribution in [0.2, 0.25) is 0 Å². The van der Waals surface area contributed by atoms with Crippen LogP contribution in [-0.4, -0.2) is 23.4 Å². The van der Waals surface area contributed by atoms with E-state index < -0.39 is 0 Å². The molecule has 0 bridgehead atoms. The Morgan fingerprint density at radius 3 is 2.52 bits per heavy atom. The molecule has 1 aliphatic heterocycles. The third-order valence-electron chi connectivity index (χ3n) is 4.19. The second-order valence-corrected chi connectivity index (χ2v) is 7.89. The molecule has 2 aromatic rings. The minimum absolute atomic E-state index is 0.144. The second-order valence-electron chi connectivity index (χ2n) is 6.17. The number of carbonyl (C=O) groups excluding carboxylic acids is 1. The van der Waals surface area contributed by atoms with Gasteiger partial charge in [-0.1, -0.05) is 48.2 Å². The highest BCUT2D eigenvalue weighted by atomic mass is 32.2. The summed E-state index contributed by atoms with van der Waals surface area (Å²) in [6.45, 7) is 5.34. The molecule has 1 aliphatic rings. The summed E-state index contributed by atoms with van der Waals surface area (Å²) in [6, 6.07) is 13.7. The van der Waals surface area contributed by atoms with Crippen LogP contribution in [0.5, 0.6) is 11.5 Å². The molecular formula is C21H21NO3S2. The molecule has 27 heavy (non-hydrogen) atoms. The van der Waals surface area contributed by atoms with Gasteiger partial charge in [0.15, 0.2) is 0 Å². The van der Waals surface area contributed by atoms with Gasteiger partial charge in [0.05, 0.1) is 18.1 Å². The summed E-state index contributed by atoms with van der Waals surface area (Å²) in [7, 11) is 0. The minimum Gasteiger partial charge on any atom is -0.493 e. The number of hydrogen-bond donors (Lipinski definition) is 1. The average molecular weight is 400 g/mol. The SMILES string of the molecule is Cc1cccc(OCCCOc2ccc(/C=C3\SC(=S)NC3=O)cc2)c1C. The lowest BCUT2D eigenvalue weighted by molar-refractivity contribution is -0.115. The largest absolute Gasteiger partial charge is 0.493 e. The van der Waals surface area contributed by atoms with E-state index >= 15 is 0 Å². The van der Waals surface area contributed by atoms with Crippen LogP contribution in [-0.2, 0) is 4.79 Å². The molecule has 4 nitrogen and oxygen atoms in total. The van der Waals surface area contributed by atoms with E-state index in [4.69, 9.17) is 21.7 Å². The van der Waals surface area contributed by atoms with E-state index in [0.717, 1.165) is 23.5 Å². The van der Waals surface area contributed by atoms with Crippen molar-refractivity contribution < 1.29 is 14.3 Å². The van der Waals surface area contributed by atoms with Gasteiger partial charge in [-0.15, -0.1) is 0 Å². The Bertz CT molecular complexity index is 875. The summed E-state index contributed by atoms with van der Waals surface area (Å²) < 4.78 is 12.1. The van der Waals surface area contributed by atoms with Crippen LogP contribution in [0.4, 0.5) is 0 Å². The molecule has 1 saturated heterocycles. The van der Waals surface area contributed by atoms with Crippen LogP contribution in [0.15, 0.2) is 47.4 Å². The molecule has 140 valence electrons. The quantitative estimate of drug-likeness (QED) is 0.418. The first-order valence-corrected chi connectivity index (χ1v) is 9.92. The number of benzene rings is 2. The minimum atomic E-state index is -0.144. The van der Waals surface area contributed by atoms with Gasteiger partial charge in [-0.05, 0) is 54.8 Å². The Labute approximate surface area is 168 Å². The number of ether oxygens (including phenoxy) is 2. The van der Waals surface area contributed by atoms with Crippen molar-refractivity contribution in [3.05, 3.63) is 64.1 Å². The molecule has 6 heteroatoms. The first-order valence-electron chi connectivity index (χ1n) is 8.69. The molecule has 2 aromatic carbocycles. The molecular weight excluding hydrogens is 378 g/mol. The average Bonchev–Trinajstić information content (AvgIpc) is 2.96. The van der Waals surface area contributed by atoms with Crippen LogP contribution in [0.3, 0.4) is 0 Å².